The Morgan fingerprint density at radius 2 is 0.947 bits per heavy atom. The third kappa shape index (κ3) is 5.88. The van der Waals surface area contributed by atoms with Crippen molar-refractivity contribution in [2.24, 2.45) is 0 Å². The summed E-state index contributed by atoms with van der Waals surface area (Å²) in [6, 6.07) is 34.6. The normalized spacial score (nSPS) is 11.0. The van der Waals surface area contributed by atoms with Crippen LogP contribution in [0.5, 0.6) is 17.2 Å². The van der Waals surface area contributed by atoms with Crippen molar-refractivity contribution in [2.45, 2.75) is 25.9 Å². The van der Waals surface area contributed by atoms with Crippen molar-refractivity contribution in [1.29, 1.82) is 0 Å². The molecule has 0 atom stereocenters. The van der Waals surface area contributed by atoms with Crippen LogP contribution in [0.3, 0.4) is 0 Å². The molecule has 5 aromatic rings. The van der Waals surface area contributed by atoms with Gasteiger partial charge in [-0.15, -0.1) is 0 Å². The minimum Gasteiger partial charge on any atom is -0.508 e. The largest absolute Gasteiger partial charge is 0.508 e. The summed E-state index contributed by atoms with van der Waals surface area (Å²) in [7, 11) is 0. The van der Waals surface area contributed by atoms with Crippen LogP contribution >= 0.6 is 0 Å². The van der Waals surface area contributed by atoms with Gasteiger partial charge >= 0.3 is 0 Å². The van der Waals surface area contributed by atoms with Gasteiger partial charge in [-0.3, -0.25) is 0 Å². The molecule has 0 heterocycles. The van der Waals surface area contributed by atoms with E-state index in [1.165, 1.54) is 0 Å². The molecular weight excluding hydrogens is 472 g/mol. The molecule has 0 aromatic heterocycles. The number of phenolic OH excluding ortho intramolecular Hbond substituents is 3. The summed E-state index contributed by atoms with van der Waals surface area (Å²) in [5.74, 6) is 0.631. The summed E-state index contributed by atoms with van der Waals surface area (Å²) in [6.07, 6.45) is 1.53. The van der Waals surface area contributed by atoms with E-state index in [1.54, 1.807) is 18.2 Å². The summed E-state index contributed by atoms with van der Waals surface area (Å²) >= 11 is 0. The first kappa shape index (κ1) is 25.1. The molecular formula is C34H30O4. The Morgan fingerprint density at radius 3 is 1.58 bits per heavy atom. The SMILES string of the molecule is OCc1cc(Cc2ccc(-c3ccccc3)cc2)c(O)c(Cc2ccc(O)c(Cc3ccc(O)cc3)c2)c1. The summed E-state index contributed by atoms with van der Waals surface area (Å²) in [5, 5.41) is 41.1. The second kappa shape index (κ2) is 11.2. The van der Waals surface area contributed by atoms with E-state index >= 15 is 0 Å². The zero-order valence-corrected chi connectivity index (χ0v) is 21.0. The molecule has 0 fully saturated rings. The molecule has 0 spiro atoms. The summed E-state index contributed by atoms with van der Waals surface area (Å²) < 4.78 is 0. The Hall–Kier alpha value is -4.54. The zero-order chi connectivity index (χ0) is 26.5. The first-order valence-corrected chi connectivity index (χ1v) is 12.7. The van der Waals surface area contributed by atoms with E-state index < -0.39 is 0 Å². The van der Waals surface area contributed by atoms with Gasteiger partial charge in [0.25, 0.3) is 0 Å². The Bertz CT molecular complexity index is 1520. The number of hydrogen-bond acceptors (Lipinski definition) is 4. The van der Waals surface area contributed by atoms with Gasteiger partial charge in [0.15, 0.2) is 0 Å². The van der Waals surface area contributed by atoms with E-state index in [0.717, 1.165) is 50.1 Å². The van der Waals surface area contributed by atoms with Crippen LogP contribution in [0.15, 0.2) is 109 Å². The number of rotatable bonds is 8. The van der Waals surface area contributed by atoms with Crippen LogP contribution in [0, 0.1) is 0 Å². The monoisotopic (exact) mass is 502 g/mol. The number of aliphatic hydroxyl groups is 1. The molecule has 0 amide bonds. The van der Waals surface area contributed by atoms with Gasteiger partial charge in [0.05, 0.1) is 6.61 Å². The van der Waals surface area contributed by atoms with Crippen LogP contribution in [0.2, 0.25) is 0 Å². The van der Waals surface area contributed by atoms with Crippen molar-refractivity contribution < 1.29 is 20.4 Å². The van der Waals surface area contributed by atoms with Gasteiger partial charge in [-0.1, -0.05) is 78.9 Å². The number of phenols is 3. The van der Waals surface area contributed by atoms with Gasteiger partial charge in [0, 0.05) is 19.3 Å². The molecule has 0 saturated heterocycles. The van der Waals surface area contributed by atoms with Gasteiger partial charge in [0.1, 0.15) is 17.2 Å². The number of benzene rings is 5. The Morgan fingerprint density at radius 1 is 0.447 bits per heavy atom. The highest BCUT2D eigenvalue weighted by atomic mass is 16.3. The van der Waals surface area contributed by atoms with Crippen LogP contribution in [0.1, 0.15) is 38.9 Å². The Labute approximate surface area is 222 Å². The molecule has 0 aliphatic heterocycles. The first-order chi connectivity index (χ1) is 18.5. The molecule has 0 aliphatic rings. The highest BCUT2D eigenvalue weighted by Crippen LogP contribution is 2.31. The molecule has 38 heavy (non-hydrogen) atoms. The summed E-state index contributed by atoms with van der Waals surface area (Å²) in [5.41, 5.74) is 8.30. The molecule has 0 saturated carbocycles. The Balaban J connectivity index is 1.38. The maximum atomic E-state index is 11.2. The molecule has 4 N–H and O–H groups in total. The van der Waals surface area contributed by atoms with Crippen LogP contribution < -0.4 is 0 Å². The predicted molar refractivity (Wildman–Crippen MR) is 151 cm³/mol. The molecule has 0 unspecified atom stereocenters. The second-order valence-electron chi connectivity index (χ2n) is 9.64. The maximum absolute atomic E-state index is 11.2. The van der Waals surface area contributed by atoms with Crippen molar-refractivity contribution in [2.75, 3.05) is 0 Å². The summed E-state index contributed by atoms with van der Waals surface area (Å²) in [6.45, 7) is -0.116. The molecule has 5 rings (SSSR count). The first-order valence-electron chi connectivity index (χ1n) is 12.7. The quantitative estimate of drug-likeness (QED) is 0.190. The maximum Gasteiger partial charge on any atom is 0.122 e. The lowest BCUT2D eigenvalue weighted by atomic mass is 9.93. The van der Waals surface area contributed by atoms with Crippen molar-refractivity contribution in [3.8, 4) is 28.4 Å². The fraction of sp³-hybridized carbons (Fsp3) is 0.118. The van der Waals surface area contributed by atoms with Gasteiger partial charge < -0.3 is 20.4 Å². The van der Waals surface area contributed by atoms with E-state index in [1.807, 2.05) is 54.6 Å². The minimum absolute atomic E-state index is 0.116. The van der Waals surface area contributed by atoms with E-state index in [-0.39, 0.29) is 23.9 Å². The van der Waals surface area contributed by atoms with Crippen LogP contribution in [0.4, 0.5) is 0 Å². The molecule has 4 nitrogen and oxygen atoms in total. The third-order valence-electron chi connectivity index (χ3n) is 6.84. The van der Waals surface area contributed by atoms with E-state index in [9.17, 15) is 20.4 Å². The van der Waals surface area contributed by atoms with Gasteiger partial charge in [-0.25, -0.2) is 0 Å². The van der Waals surface area contributed by atoms with Crippen molar-refractivity contribution in [3.63, 3.8) is 0 Å². The highest BCUT2D eigenvalue weighted by molar-refractivity contribution is 5.63. The molecule has 0 aliphatic carbocycles. The van der Waals surface area contributed by atoms with Crippen molar-refractivity contribution in [3.05, 3.63) is 148 Å². The fourth-order valence-corrected chi connectivity index (χ4v) is 4.80. The number of hydrogen-bond donors (Lipinski definition) is 4. The smallest absolute Gasteiger partial charge is 0.122 e. The van der Waals surface area contributed by atoms with E-state index in [0.29, 0.717) is 19.3 Å². The predicted octanol–water partition coefficient (Wildman–Crippen LogP) is 6.74. The summed E-state index contributed by atoms with van der Waals surface area (Å²) in [4.78, 5) is 0. The lowest BCUT2D eigenvalue weighted by Crippen LogP contribution is -1.99. The van der Waals surface area contributed by atoms with E-state index in [4.69, 9.17) is 0 Å². The standard InChI is InChI=1S/C34H30O4/c35-22-26-20-30(17-23-6-11-28(12-7-23)27-4-2-1-3-5-27)34(38)31(21-26)19-25-10-15-33(37)29(18-25)16-24-8-13-32(36)14-9-24/h1-15,18,20-21,35-38H,16-17,19,22H2. The molecule has 4 heteroatoms. The van der Waals surface area contributed by atoms with Crippen LogP contribution in [-0.4, -0.2) is 20.4 Å². The fourth-order valence-electron chi connectivity index (χ4n) is 4.80. The number of aliphatic hydroxyl groups excluding tert-OH is 1. The second-order valence-corrected chi connectivity index (χ2v) is 9.64. The molecule has 190 valence electrons. The lowest BCUT2D eigenvalue weighted by molar-refractivity contribution is 0.281. The van der Waals surface area contributed by atoms with Gasteiger partial charge in [-0.2, -0.15) is 0 Å². The lowest BCUT2D eigenvalue weighted by Gasteiger charge is -2.14. The average Bonchev–Trinajstić information content (AvgIpc) is 2.94. The molecule has 0 radical (unpaired) electrons. The van der Waals surface area contributed by atoms with E-state index in [2.05, 4.69) is 36.4 Å². The third-order valence-corrected chi connectivity index (χ3v) is 6.84. The van der Waals surface area contributed by atoms with Crippen molar-refractivity contribution >= 4 is 0 Å². The topological polar surface area (TPSA) is 80.9 Å². The Kier molecular flexibility index (Phi) is 7.43. The highest BCUT2D eigenvalue weighted by Gasteiger charge is 2.13. The molecule has 0 bridgehead atoms. The number of aromatic hydroxyl groups is 3. The van der Waals surface area contributed by atoms with Crippen molar-refractivity contribution in [1.82, 2.24) is 0 Å². The molecule has 5 aromatic carbocycles. The zero-order valence-electron chi connectivity index (χ0n) is 21.0. The minimum atomic E-state index is -0.116. The van der Waals surface area contributed by atoms with Crippen LogP contribution in [0.25, 0.3) is 11.1 Å². The van der Waals surface area contributed by atoms with Gasteiger partial charge in [-0.05, 0) is 80.4 Å². The van der Waals surface area contributed by atoms with Gasteiger partial charge in [0.2, 0.25) is 0 Å². The van der Waals surface area contributed by atoms with Crippen LogP contribution in [-0.2, 0) is 25.9 Å². The average molecular weight is 503 g/mol.